The summed E-state index contributed by atoms with van der Waals surface area (Å²) < 4.78 is 5.16. The predicted octanol–water partition coefficient (Wildman–Crippen LogP) is 1.49. The van der Waals surface area contributed by atoms with Crippen LogP contribution in [0.4, 0.5) is 0 Å². The molecule has 2 rings (SSSR count). The fraction of sp³-hybridized carbons (Fsp3) is 0.533. The topological polar surface area (TPSA) is 58.6 Å². The highest BCUT2D eigenvalue weighted by atomic mass is 16.5. The first kappa shape index (κ1) is 14.0. The van der Waals surface area contributed by atoms with Crippen LogP contribution in [0.2, 0.25) is 0 Å². The third-order valence-corrected chi connectivity index (χ3v) is 3.56. The minimum atomic E-state index is -0.915. The average Bonchev–Trinajstić information content (AvgIpc) is 2.73. The number of carbonyl (C=O) groups excluding carboxylic acids is 1. The smallest absolute Gasteiger partial charge is 0.251 e. The molecule has 1 aliphatic heterocycles. The summed E-state index contributed by atoms with van der Waals surface area (Å²) in [7, 11) is 0. The van der Waals surface area contributed by atoms with Crippen molar-refractivity contribution < 1.29 is 14.6 Å². The van der Waals surface area contributed by atoms with Crippen LogP contribution in [0, 0.1) is 20.8 Å². The maximum absolute atomic E-state index is 12.2. The summed E-state index contributed by atoms with van der Waals surface area (Å²) in [5.74, 6) is -0.129. The Labute approximate surface area is 113 Å². The van der Waals surface area contributed by atoms with E-state index >= 15 is 0 Å². The zero-order chi connectivity index (χ0) is 14.0. The van der Waals surface area contributed by atoms with E-state index in [0.29, 0.717) is 25.2 Å². The lowest BCUT2D eigenvalue weighted by molar-refractivity contribution is 0.0264. The van der Waals surface area contributed by atoms with Crippen LogP contribution in [0.15, 0.2) is 12.1 Å². The minimum absolute atomic E-state index is 0.129. The lowest BCUT2D eigenvalue weighted by atomic mass is 9.98. The van der Waals surface area contributed by atoms with E-state index in [2.05, 4.69) is 5.32 Å². The van der Waals surface area contributed by atoms with Crippen LogP contribution in [0.1, 0.15) is 33.5 Å². The Morgan fingerprint density at radius 2 is 2.00 bits per heavy atom. The Kier molecular flexibility index (Phi) is 3.92. The zero-order valence-electron chi connectivity index (χ0n) is 11.7. The molecule has 0 aliphatic carbocycles. The number of carbonyl (C=O) groups is 1. The van der Waals surface area contributed by atoms with Crippen molar-refractivity contribution in [1.82, 2.24) is 5.32 Å². The molecule has 0 saturated carbocycles. The Bertz CT molecular complexity index is 467. The van der Waals surface area contributed by atoms with Crippen LogP contribution in [0.5, 0.6) is 0 Å². The van der Waals surface area contributed by atoms with Crippen LogP contribution < -0.4 is 5.32 Å². The van der Waals surface area contributed by atoms with Crippen LogP contribution in [-0.4, -0.2) is 36.4 Å². The number of aliphatic hydroxyl groups is 1. The summed E-state index contributed by atoms with van der Waals surface area (Å²) in [5, 5.41) is 12.9. The molecular weight excluding hydrogens is 242 g/mol. The van der Waals surface area contributed by atoms with Gasteiger partial charge in [0.1, 0.15) is 5.60 Å². The summed E-state index contributed by atoms with van der Waals surface area (Å²) in [6.45, 7) is 6.96. The number of ether oxygens (including phenoxy) is 1. The molecule has 0 bridgehead atoms. The summed E-state index contributed by atoms with van der Waals surface area (Å²) in [6.07, 6.45) is 0.569. The number of amides is 1. The summed E-state index contributed by atoms with van der Waals surface area (Å²) >= 11 is 0. The molecule has 1 aliphatic rings. The fourth-order valence-corrected chi connectivity index (χ4v) is 2.61. The van der Waals surface area contributed by atoms with E-state index in [4.69, 9.17) is 4.74 Å². The molecule has 1 fully saturated rings. The SMILES string of the molecule is Cc1cc(C)c(C(=O)NC[C@]2(O)CCOC2)c(C)c1. The average molecular weight is 263 g/mol. The van der Waals surface area contributed by atoms with Gasteiger partial charge in [-0.2, -0.15) is 0 Å². The van der Waals surface area contributed by atoms with E-state index in [1.807, 2.05) is 32.9 Å². The largest absolute Gasteiger partial charge is 0.386 e. The van der Waals surface area contributed by atoms with Gasteiger partial charge in [-0.05, 0) is 31.9 Å². The van der Waals surface area contributed by atoms with Crippen molar-refractivity contribution in [3.05, 3.63) is 34.4 Å². The summed E-state index contributed by atoms with van der Waals surface area (Å²) in [5.41, 5.74) is 2.86. The van der Waals surface area contributed by atoms with Crippen molar-refractivity contribution in [1.29, 1.82) is 0 Å². The normalized spacial score (nSPS) is 22.5. The lowest BCUT2D eigenvalue weighted by Gasteiger charge is -2.21. The first-order chi connectivity index (χ1) is 8.91. The second-order valence-corrected chi connectivity index (χ2v) is 5.48. The van der Waals surface area contributed by atoms with Gasteiger partial charge in [0.15, 0.2) is 0 Å². The van der Waals surface area contributed by atoms with Gasteiger partial charge in [-0.25, -0.2) is 0 Å². The Morgan fingerprint density at radius 3 is 2.53 bits per heavy atom. The monoisotopic (exact) mass is 263 g/mol. The quantitative estimate of drug-likeness (QED) is 0.868. The first-order valence-corrected chi connectivity index (χ1v) is 6.57. The minimum Gasteiger partial charge on any atom is -0.386 e. The van der Waals surface area contributed by atoms with Crippen LogP contribution in [0.3, 0.4) is 0 Å². The second kappa shape index (κ2) is 5.31. The number of nitrogens with one attached hydrogen (secondary N) is 1. The van der Waals surface area contributed by atoms with E-state index in [1.54, 1.807) is 0 Å². The van der Waals surface area contributed by atoms with Crippen LogP contribution in [0.25, 0.3) is 0 Å². The highest BCUT2D eigenvalue weighted by Crippen LogP contribution is 2.19. The van der Waals surface area contributed by atoms with Crippen molar-refractivity contribution in [3.63, 3.8) is 0 Å². The molecule has 1 aromatic rings. The predicted molar refractivity (Wildman–Crippen MR) is 73.4 cm³/mol. The molecule has 0 unspecified atom stereocenters. The molecule has 104 valence electrons. The van der Waals surface area contributed by atoms with E-state index in [1.165, 1.54) is 0 Å². The Balaban J connectivity index is 2.08. The van der Waals surface area contributed by atoms with Crippen molar-refractivity contribution in [2.75, 3.05) is 19.8 Å². The third-order valence-electron chi connectivity index (χ3n) is 3.56. The number of hydrogen-bond donors (Lipinski definition) is 2. The number of hydrogen-bond acceptors (Lipinski definition) is 3. The third kappa shape index (κ3) is 3.14. The molecule has 19 heavy (non-hydrogen) atoms. The summed E-state index contributed by atoms with van der Waals surface area (Å²) in [4.78, 5) is 12.2. The van der Waals surface area contributed by atoms with Crippen molar-refractivity contribution in [2.45, 2.75) is 32.8 Å². The Morgan fingerprint density at radius 1 is 1.37 bits per heavy atom. The molecule has 1 aromatic carbocycles. The molecule has 4 heteroatoms. The van der Waals surface area contributed by atoms with Gasteiger partial charge in [-0.1, -0.05) is 17.7 Å². The van der Waals surface area contributed by atoms with E-state index in [0.717, 1.165) is 16.7 Å². The highest BCUT2D eigenvalue weighted by molar-refractivity contribution is 5.97. The molecule has 1 amide bonds. The molecule has 4 nitrogen and oxygen atoms in total. The Hall–Kier alpha value is -1.39. The maximum Gasteiger partial charge on any atom is 0.251 e. The van der Waals surface area contributed by atoms with Crippen molar-refractivity contribution in [2.24, 2.45) is 0 Å². The standard InChI is InChI=1S/C15H21NO3/c1-10-6-11(2)13(12(3)7-10)14(17)16-8-15(18)4-5-19-9-15/h6-7,18H,4-5,8-9H2,1-3H3,(H,16,17)/t15-/m1/s1. The highest BCUT2D eigenvalue weighted by Gasteiger charge is 2.32. The van der Waals surface area contributed by atoms with Gasteiger partial charge in [0, 0.05) is 25.1 Å². The summed E-state index contributed by atoms with van der Waals surface area (Å²) in [6, 6.07) is 3.99. The van der Waals surface area contributed by atoms with E-state index < -0.39 is 5.60 Å². The lowest BCUT2D eigenvalue weighted by Crippen LogP contribution is -2.43. The van der Waals surface area contributed by atoms with Gasteiger partial charge in [0.2, 0.25) is 0 Å². The van der Waals surface area contributed by atoms with Crippen LogP contribution >= 0.6 is 0 Å². The van der Waals surface area contributed by atoms with Gasteiger partial charge in [0.25, 0.3) is 5.91 Å². The molecule has 1 atom stereocenters. The van der Waals surface area contributed by atoms with Crippen molar-refractivity contribution >= 4 is 5.91 Å². The molecule has 2 N–H and O–H groups in total. The number of benzene rings is 1. The molecule has 1 saturated heterocycles. The molecule has 0 aromatic heterocycles. The fourth-order valence-electron chi connectivity index (χ4n) is 2.61. The van der Waals surface area contributed by atoms with Gasteiger partial charge in [0.05, 0.1) is 6.61 Å². The van der Waals surface area contributed by atoms with E-state index in [9.17, 15) is 9.90 Å². The first-order valence-electron chi connectivity index (χ1n) is 6.57. The zero-order valence-corrected chi connectivity index (χ0v) is 11.7. The van der Waals surface area contributed by atoms with Gasteiger partial charge >= 0.3 is 0 Å². The van der Waals surface area contributed by atoms with Gasteiger partial charge in [-0.3, -0.25) is 4.79 Å². The molecule has 0 spiro atoms. The molecule has 0 radical (unpaired) electrons. The maximum atomic E-state index is 12.2. The number of rotatable bonds is 3. The van der Waals surface area contributed by atoms with Gasteiger partial charge < -0.3 is 15.2 Å². The van der Waals surface area contributed by atoms with Crippen LogP contribution in [-0.2, 0) is 4.74 Å². The molecular formula is C15H21NO3. The number of aryl methyl sites for hydroxylation is 3. The van der Waals surface area contributed by atoms with Gasteiger partial charge in [-0.15, -0.1) is 0 Å². The second-order valence-electron chi connectivity index (χ2n) is 5.48. The van der Waals surface area contributed by atoms with E-state index in [-0.39, 0.29) is 12.5 Å². The molecule has 1 heterocycles. The van der Waals surface area contributed by atoms with Crippen molar-refractivity contribution in [3.8, 4) is 0 Å².